The minimum Gasteiger partial charge on any atom is -0.258 e. The van der Waals surface area contributed by atoms with Crippen LogP contribution in [-0.2, 0) is 5.41 Å². The lowest BCUT2D eigenvalue weighted by Crippen LogP contribution is -2.28. The molecule has 1 atom stereocenters. The van der Waals surface area contributed by atoms with E-state index in [1.807, 2.05) is 12.1 Å². The van der Waals surface area contributed by atoms with Crippen molar-refractivity contribution in [2.45, 2.75) is 63.8 Å². The Morgan fingerprint density at radius 1 is 0.857 bits per heavy atom. The minimum absolute atomic E-state index is 0.0187. The average Bonchev–Trinajstić information content (AvgIpc) is 3.31. The molecule has 3 heteroatoms. The van der Waals surface area contributed by atoms with Gasteiger partial charge in [0.1, 0.15) is 0 Å². The monoisotopic (exact) mass is 545 g/mol. The van der Waals surface area contributed by atoms with Crippen molar-refractivity contribution in [3.05, 3.63) is 136 Å². The van der Waals surface area contributed by atoms with E-state index in [9.17, 15) is 5.26 Å². The molecule has 42 heavy (non-hydrogen) atoms. The Hall–Kier alpha value is -4.55. The van der Waals surface area contributed by atoms with Crippen molar-refractivity contribution in [2.24, 2.45) is 9.98 Å². The van der Waals surface area contributed by atoms with Crippen LogP contribution in [0.3, 0.4) is 0 Å². The van der Waals surface area contributed by atoms with Crippen LogP contribution in [0.2, 0.25) is 0 Å². The normalized spacial score (nSPS) is 18.7. The van der Waals surface area contributed by atoms with Crippen LogP contribution in [0.4, 0.5) is 0 Å². The van der Waals surface area contributed by atoms with Gasteiger partial charge >= 0.3 is 0 Å². The Morgan fingerprint density at radius 3 is 2.48 bits per heavy atom. The summed E-state index contributed by atoms with van der Waals surface area (Å²) in [5.41, 5.74) is 13.1. The molecule has 0 saturated heterocycles. The van der Waals surface area contributed by atoms with Crippen LogP contribution in [-0.4, -0.2) is 11.5 Å². The second-order valence-corrected chi connectivity index (χ2v) is 12.0. The smallest absolute Gasteiger partial charge is 0.155 e. The second kappa shape index (κ2) is 10.7. The number of rotatable bonds is 4. The molecular formula is C39H35N3. The Kier molecular flexibility index (Phi) is 6.71. The number of benzene rings is 4. The molecular weight excluding hydrogens is 510 g/mol. The highest BCUT2D eigenvalue weighted by Crippen LogP contribution is 2.57. The predicted molar refractivity (Wildman–Crippen MR) is 173 cm³/mol. The van der Waals surface area contributed by atoms with E-state index >= 15 is 0 Å². The third kappa shape index (κ3) is 4.34. The van der Waals surface area contributed by atoms with E-state index in [4.69, 9.17) is 9.98 Å². The molecule has 1 aliphatic heterocycles. The third-order valence-corrected chi connectivity index (χ3v) is 9.50. The summed E-state index contributed by atoms with van der Waals surface area (Å²) < 4.78 is 0. The zero-order valence-corrected chi connectivity index (χ0v) is 24.4. The van der Waals surface area contributed by atoms with Crippen LogP contribution >= 0.6 is 0 Å². The van der Waals surface area contributed by atoms with Gasteiger partial charge in [0.05, 0.1) is 23.4 Å². The standard InChI is InChI=1S/C39H35N3/c1-3-11-29-23-30(18-16-26(29)2)35-24-36(42-38(41-35)28-12-6-4-7-13-28)32-14-10-15-33-37(32)31-19-17-27(25-40)22-34(31)39(33)20-8-5-9-21-39/h3-4,6-7,10-19,22-23,35H,5,8-9,20-21,24H2,1-2H3/b11-3-. The van der Waals surface area contributed by atoms with Crippen molar-refractivity contribution in [3.63, 3.8) is 0 Å². The van der Waals surface area contributed by atoms with Crippen molar-refractivity contribution < 1.29 is 0 Å². The van der Waals surface area contributed by atoms with Gasteiger partial charge in [-0.25, -0.2) is 4.99 Å². The number of allylic oxidation sites excluding steroid dienone is 1. The van der Waals surface area contributed by atoms with Crippen LogP contribution in [0.1, 0.15) is 96.0 Å². The van der Waals surface area contributed by atoms with Crippen LogP contribution in [0.15, 0.2) is 101 Å². The number of nitriles is 1. The highest BCUT2D eigenvalue weighted by Gasteiger charge is 2.45. The number of amidine groups is 1. The first kappa shape index (κ1) is 26.4. The van der Waals surface area contributed by atoms with E-state index < -0.39 is 0 Å². The molecule has 1 saturated carbocycles. The van der Waals surface area contributed by atoms with Crippen molar-refractivity contribution >= 4 is 17.6 Å². The van der Waals surface area contributed by atoms with E-state index in [-0.39, 0.29) is 11.5 Å². The molecule has 3 aliphatic rings. The van der Waals surface area contributed by atoms with Gasteiger partial charge < -0.3 is 0 Å². The number of nitrogens with zero attached hydrogens (tertiary/aromatic N) is 3. The van der Waals surface area contributed by atoms with Gasteiger partial charge in [-0.2, -0.15) is 5.26 Å². The number of fused-ring (bicyclic) bond motifs is 5. The molecule has 0 N–H and O–H groups in total. The van der Waals surface area contributed by atoms with E-state index in [1.54, 1.807) is 0 Å². The molecule has 2 aliphatic carbocycles. The van der Waals surface area contributed by atoms with Gasteiger partial charge in [-0.05, 0) is 83.8 Å². The second-order valence-electron chi connectivity index (χ2n) is 12.0. The molecule has 0 amide bonds. The largest absolute Gasteiger partial charge is 0.258 e. The topological polar surface area (TPSA) is 48.5 Å². The van der Waals surface area contributed by atoms with Crippen molar-refractivity contribution in [2.75, 3.05) is 0 Å². The Morgan fingerprint density at radius 2 is 1.69 bits per heavy atom. The maximum atomic E-state index is 9.79. The summed E-state index contributed by atoms with van der Waals surface area (Å²) in [5, 5.41) is 9.79. The number of aryl methyl sites for hydroxylation is 1. The number of aliphatic imine (C=N–C) groups is 2. The summed E-state index contributed by atoms with van der Waals surface area (Å²) in [6, 6.07) is 32.6. The van der Waals surface area contributed by atoms with Gasteiger partial charge in [0, 0.05) is 23.0 Å². The van der Waals surface area contributed by atoms with Gasteiger partial charge in [-0.1, -0.05) is 98.1 Å². The van der Waals surface area contributed by atoms with Crippen LogP contribution in [0.25, 0.3) is 17.2 Å². The Bertz CT molecular complexity index is 1810. The first-order valence-electron chi connectivity index (χ1n) is 15.2. The predicted octanol–water partition coefficient (Wildman–Crippen LogP) is 9.51. The summed E-state index contributed by atoms with van der Waals surface area (Å²) in [6.07, 6.45) is 11.0. The average molecular weight is 546 g/mol. The maximum absolute atomic E-state index is 9.79. The summed E-state index contributed by atoms with van der Waals surface area (Å²) in [6.45, 7) is 4.23. The SMILES string of the molecule is C/C=C\c1cc(C2CC(c3cccc4c3-c3ccc(C#N)cc3C43CCCCC3)=NC(c3ccccc3)=N2)ccc1C. The molecule has 0 bridgehead atoms. The molecule has 1 heterocycles. The molecule has 3 nitrogen and oxygen atoms in total. The molecule has 4 aromatic rings. The number of hydrogen-bond acceptors (Lipinski definition) is 3. The fourth-order valence-corrected chi connectivity index (χ4v) is 7.44. The zero-order chi connectivity index (χ0) is 28.7. The highest BCUT2D eigenvalue weighted by atomic mass is 15.0. The van der Waals surface area contributed by atoms with Gasteiger partial charge in [-0.15, -0.1) is 0 Å². The molecule has 7 rings (SSSR count). The first-order chi connectivity index (χ1) is 20.6. The molecule has 0 aromatic heterocycles. The zero-order valence-electron chi connectivity index (χ0n) is 24.4. The molecule has 1 spiro atoms. The van der Waals surface area contributed by atoms with E-state index in [0.717, 1.165) is 41.9 Å². The van der Waals surface area contributed by atoms with Crippen molar-refractivity contribution in [3.8, 4) is 17.2 Å². The molecule has 206 valence electrons. The van der Waals surface area contributed by atoms with E-state index in [1.165, 1.54) is 63.8 Å². The fourth-order valence-electron chi connectivity index (χ4n) is 7.44. The van der Waals surface area contributed by atoms with E-state index in [0.29, 0.717) is 0 Å². The minimum atomic E-state index is -0.0290. The van der Waals surface area contributed by atoms with Crippen molar-refractivity contribution in [1.82, 2.24) is 0 Å². The summed E-state index contributed by atoms with van der Waals surface area (Å²) in [4.78, 5) is 10.5. The van der Waals surface area contributed by atoms with Gasteiger partial charge in [0.15, 0.2) is 5.84 Å². The number of hydrogen-bond donors (Lipinski definition) is 0. The highest BCUT2D eigenvalue weighted by molar-refractivity contribution is 6.17. The van der Waals surface area contributed by atoms with Crippen molar-refractivity contribution in [1.29, 1.82) is 5.26 Å². The molecule has 0 radical (unpaired) electrons. The van der Waals surface area contributed by atoms with Gasteiger partial charge in [0.2, 0.25) is 0 Å². The maximum Gasteiger partial charge on any atom is 0.155 e. The first-order valence-corrected chi connectivity index (χ1v) is 15.2. The summed E-state index contributed by atoms with van der Waals surface area (Å²) in [5.74, 6) is 0.790. The molecule has 4 aromatic carbocycles. The van der Waals surface area contributed by atoms with Gasteiger partial charge in [0.25, 0.3) is 0 Å². The Balaban J connectivity index is 1.41. The summed E-state index contributed by atoms with van der Waals surface area (Å²) in [7, 11) is 0. The summed E-state index contributed by atoms with van der Waals surface area (Å²) >= 11 is 0. The van der Waals surface area contributed by atoms with Gasteiger partial charge in [-0.3, -0.25) is 4.99 Å². The van der Waals surface area contributed by atoms with Crippen LogP contribution in [0, 0.1) is 18.3 Å². The fraction of sp³-hybridized carbons (Fsp3) is 0.256. The third-order valence-electron chi connectivity index (χ3n) is 9.50. The molecule has 1 fully saturated rings. The Labute approximate surface area is 249 Å². The van der Waals surface area contributed by atoms with Crippen LogP contribution < -0.4 is 0 Å². The lowest BCUT2D eigenvalue weighted by atomic mass is 9.67. The molecule has 1 unspecified atom stereocenters. The lowest BCUT2D eigenvalue weighted by molar-refractivity contribution is 0.353. The van der Waals surface area contributed by atoms with E-state index in [2.05, 4.69) is 105 Å². The quantitative estimate of drug-likeness (QED) is 0.252. The lowest BCUT2D eigenvalue weighted by Gasteiger charge is -2.36. The van der Waals surface area contributed by atoms with Crippen LogP contribution in [0.5, 0.6) is 0 Å².